The monoisotopic (exact) mass is 417 g/mol. The van der Waals surface area contributed by atoms with E-state index in [-0.39, 0.29) is 23.6 Å². The second-order valence-corrected chi connectivity index (χ2v) is 8.60. The molecule has 2 heterocycles. The fourth-order valence-electron chi connectivity index (χ4n) is 4.39. The SMILES string of the molecule is O=C1OCC(Cc2ccc(F)cc2)C1CN1CCC(O)(c2ccc(Cl)cc2)CC1. The molecule has 6 heteroatoms. The molecule has 2 saturated heterocycles. The standard InChI is InChI=1S/C23H25ClFNO3/c24-19-5-3-18(4-6-19)23(28)9-11-26(12-10-23)14-21-17(15-29-22(21)27)13-16-1-7-20(25)8-2-16/h1-8,17,21,28H,9-15H2. The summed E-state index contributed by atoms with van der Waals surface area (Å²) in [5, 5.41) is 11.7. The Balaban J connectivity index is 1.36. The van der Waals surface area contributed by atoms with Crippen LogP contribution in [0.2, 0.25) is 5.02 Å². The minimum absolute atomic E-state index is 0.0880. The molecule has 2 aliphatic heterocycles. The first-order chi connectivity index (χ1) is 13.9. The van der Waals surface area contributed by atoms with Crippen LogP contribution < -0.4 is 0 Å². The van der Waals surface area contributed by atoms with Gasteiger partial charge in [-0.1, -0.05) is 35.9 Å². The summed E-state index contributed by atoms with van der Waals surface area (Å²) in [4.78, 5) is 14.5. The van der Waals surface area contributed by atoms with Gasteiger partial charge in [-0.2, -0.15) is 0 Å². The lowest BCUT2D eigenvalue weighted by atomic mass is 9.83. The van der Waals surface area contributed by atoms with Gasteiger partial charge in [0.15, 0.2) is 0 Å². The van der Waals surface area contributed by atoms with Crippen LogP contribution in [0.5, 0.6) is 0 Å². The van der Waals surface area contributed by atoms with E-state index in [9.17, 15) is 14.3 Å². The number of piperidine rings is 1. The third kappa shape index (κ3) is 4.63. The van der Waals surface area contributed by atoms with Gasteiger partial charge in [0.1, 0.15) is 5.82 Å². The Morgan fingerprint density at radius 3 is 2.41 bits per heavy atom. The zero-order valence-corrected chi connectivity index (χ0v) is 16.9. The summed E-state index contributed by atoms with van der Waals surface area (Å²) in [6.07, 6.45) is 1.91. The number of halogens is 2. The third-order valence-electron chi connectivity index (χ3n) is 6.24. The van der Waals surface area contributed by atoms with Gasteiger partial charge >= 0.3 is 5.97 Å². The smallest absolute Gasteiger partial charge is 0.310 e. The summed E-state index contributed by atoms with van der Waals surface area (Å²) < 4.78 is 18.5. The second kappa shape index (κ2) is 8.42. The quantitative estimate of drug-likeness (QED) is 0.752. The molecular formula is C23H25ClFNO3. The average molecular weight is 418 g/mol. The highest BCUT2D eigenvalue weighted by molar-refractivity contribution is 6.30. The minimum Gasteiger partial charge on any atom is -0.465 e. The van der Waals surface area contributed by atoms with E-state index in [0.29, 0.717) is 50.5 Å². The molecular weight excluding hydrogens is 393 g/mol. The lowest BCUT2D eigenvalue weighted by molar-refractivity contribution is -0.142. The molecule has 2 fully saturated rings. The van der Waals surface area contributed by atoms with E-state index in [1.807, 2.05) is 12.1 Å². The molecule has 2 unspecified atom stereocenters. The van der Waals surface area contributed by atoms with Crippen LogP contribution in [0.25, 0.3) is 0 Å². The number of rotatable bonds is 5. The van der Waals surface area contributed by atoms with Gasteiger partial charge in [0.2, 0.25) is 0 Å². The number of benzene rings is 2. The summed E-state index contributed by atoms with van der Waals surface area (Å²) in [6.45, 7) is 2.46. The van der Waals surface area contributed by atoms with Crippen LogP contribution in [-0.2, 0) is 21.6 Å². The van der Waals surface area contributed by atoms with E-state index in [1.54, 1.807) is 24.3 Å². The predicted octanol–water partition coefficient (Wildman–Crippen LogP) is 3.79. The van der Waals surface area contributed by atoms with Gasteiger partial charge in [0, 0.05) is 30.6 Å². The van der Waals surface area contributed by atoms with Crippen LogP contribution in [0.1, 0.15) is 24.0 Å². The lowest BCUT2D eigenvalue weighted by Gasteiger charge is -2.39. The maximum Gasteiger partial charge on any atom is 0.310 e. The van der Waals surface area contributed by atoms with Gasteiger partial charge in [-0.05, 0) is 54.7 Å². The Hall–Kier alpha value is -1.95. The van der Waals surface area contributed by atoms with Crippen molar-refractivity contribution in [3.05, 3.63) is 70.5 Å². The van der Waals surface area contributed by atoms with Crippen LogP contribution in [0.4, 0.5) is 4.39 Å². The molecule has 0 saturated carbocycles. The van der Waals surface area contributed by atoms with E-state index < -0.39 is 5.60 Å². The van der Waals surface area contributed by atoms with Crippen molar-refractivity contribution in [1.82, 2.24) is 4.90 Å². The average Bonchev–Trinajstić information content (AvgIpc) is 3.05. The molecule has 4 nitrogen and oxygen atoms in total. The molecule has 2 aromatic carbocycles. The van der Waals surface area contributed by atoms with Crippen molar-refractivity contribution in [1.29, 1.82) is 0 Å². The number of carbonyl (C=O) groups excluding carboxylic acids is 1. The highest BCUT2D eigenvalue weighted by Crippen LogP contribution is 2.35. The molecule has 0 spiro atoms. The van der Waals surface area contributed by atoms with Gasteiger partial charge < -0.3 is 14.7 Å². The lowest BCUT2D eigenvalue weighted by Crippen LogP contribution is -2.45. The number of aliphatic hydroxyl groups is 1. The summed E-state index contributed by atoms with van der Waals surface area (Å²) in [5.74, 6) is -0.520. The van der Waals surface area contributed by atoms with Crippen molar-refractivity contribution in [3.8, 4) is 0 Å². The van der Waals surface area contributed by atoms with Gasteiger partial charge in [0.05, 0.1) is 18.1 Å². The highest BCUT2D eigenvalue weighted by atomic mass is 35.5. The number of ether oxygens (including phenoxy) is 1. The molecule has 0 aliphatic carbocycles. The number of esters is 1. The predicted molar refractivity (Wildman–Crippen MR) is 109 cm³/mol. The summed E-state index contributed by atoms with van der Waals surface area (Å²) >= 11 is 5.96. The fourth-order valence-corrected chi connectivity index (χ4v) is 4.51. The van der Waals surface area contributed by atoms with Crippen LogP contribution in [0.3, 0.4) is 0 Å². The molecule has 0 radical (unpaired) electrons. The summed E-state index contributed by atoms with van der Waals surface area (Å²) in [5.41, 5.74) is 1.04. The molecule has 4 rings (SSSR count). The Morgan fingerprint density at radius 2 is 1.76 bits per heavy atom. The zero-order valence-electron chi connectivity index (χ0n) is 16.2. The number of likely N-dealkylation sites (tertiary alicyclic amines) is 1. The van der Waals surface area contributed by atoms with E-state index >= 15 is 0 Å². The topological polar surface area (TPSA) is 49.8 Å². The second-order valence-electron chi connectivity index (χ2n) is 8.17. The fraction of sp³-hybridized carbons (Fsp3) is 0.435. The number of hydrogen-bond donors (Lipinski definition) is 1. The van der Waals surface area contributed by atoms with Crippen molar-refractivity contribution in [2.24, 2.45) is 11.8 Å². The molecule has 154 valence electrons. The molecule has 2 aliphatic rings. The summed E-state index contributed by atoms with van der Waals surface area (Å²) in [6, 6.07) is 13.8. The van der Waals surface area contributed by atoms with E-state index in [1.165, 1.54) is 12.1 Å². The number of carbonyl (C=O) groups is 1. The third-order valence-corrected chi connectivity index (χ3v) is 6.49. The van der Waals surface area contributed by atoms with Crippen molar-refractivity contribution in [2.45, 2.75) is 24.9 Å². The first kappa shape index (κ1) is 20.3. The molecule has 0 amide bonds. The zero-order chi connectivity index (χ0) is 20.4. The van der Waals surface area contributed by atoms with E-state index in [4.69, 9.17) is 16.3 Å². The normalized spacial score (nSPS) is 24.4. The van der Waals surface area contributed by atoms with E-state index in [2.05, 4.69) is 4.90 Å². The molecule has 2 aromatic rings. The molecule has 0 aromatic heterocycles. The number of cyclic esters (lactones) is 1. The summed E-state index contributed by atoms with van der Waals surface area (Å²) in [7, 11) is 0. The van der Waals surface area contributed by atoms with Gasteiger partial charge in [0.25, 0.3) is 0 Å². The highest BCUT2D eigenvalue weighted by Gasteiger charge is 2.40. The Labute approximate surface area is 175 Å². The Kier molecular flexibility index (Phi) is 5.91. The van der Waals surface area contributed by atoms with Gasteiger partial charge in [-0.15, -0.1) is 0 Å². The maximum absolute atomic E-state index is 13.1. The molecule has 1 N–H and O–H groups in total. The van der Waals surface area contributed by atoms with Crippen molar-refractivity contribution in [3.63, 3.8) is 0 Å². The minimum atomic E-state index is -0.856. The maximum atomic E-state index is 13.1. The molecule has 29 heavy (non-hydrogen) atoms. The molecule has 2 atom stereocenters. The number of nitrogens with zero attached hydrogens (tertiary/aromatic N) is 1. The number of hydrogen-bond acceptors (Lipinski definition) is 4. The molecule has 0 bridgehead atoms. The van der Waals surface area contributed by atoms with Crippen molar-refractivity contribution >= 4 is 17.6 Å². The van der Waals surface area contributed by atoms with Crippen LogP contribution >= 0.6 is 11.6 Å². The largest absolute Gasteiger partial charge is 0.465 e. The first-order valence-corrected chi connectivity index (χ1v) is 10.4. The Morgan fingerprint density at radius 1 is 1.10 bits per heavy atom. The van der Waals surface area contributed by atoms with Crippen LogP contribution in [-0.4, -0.2) is 42.2 Å². The van der Waals surface area contributed by atoms with Gasteiger partial charge in [-0.3, -0.25) is 4.79 Å². The van der Waals surface area contributed by atoms with Crippen molar-refractivity contribution < 1.29 is 19.0 Å². The first-order valence-electron chi connectivity index (χ1n) is 10.0. The Bertz CT molecular complexity index is 847. The van der Waals surface area contributed by atoms with Crippen LogP contribution in [0, 0.1) is 17.7 Å². The van der Waals surface area contributed by atoms with Crippen molar-refractivity contribution in [2.75, 3.05) is 26.2 Å². The van der Waals surface area contributed by atoms with Gasteiger partial charge in [-0.25, -0.2) is 4.39 Å². The van der Waals surface area contributed by atoms with E-state index in [0.717, 1.165) is 11.1 Å². The van der Waals surface area contributed by atoms with Crippen LogP contribution in [0.15, 0.2) is 48.5 Å².